The smallest absolute Gasteiger partial charge is 0.462 e. The molecule has 0 heterocycles. The van der Waals surface area contributed by atoms with Crippen LogP contribution in [-0.2, 0) is 65.4 Å². The average Bonchev–Trinajstić information content (AvgIpc) is 1.04. The number of carbonyl (C=O) groups excluding carboxylic acids is 4. The van der Waals surface area contributed by atoms with Crippen LogP contribution in [0.1, 0.15) is 285 Å². The third-order valence-electron chi connectivity index (χ3n) is 15.1. The van der Waals surface area contributed by atoms with Crippen molar-refractivity contribution in [2.75, 3.05) is 39.6 Å². The van der Waals surface area contributed by atoms with Crippen LogP contribution in [0.25, 0.3) is 0 Å². The monoisotopic (exact) mass is 1410 g/mol. The SMILES string of the molecule is CC/C=C\C/C=C\C/C=C\C/C=C\C/C=C\CC(=O)OCC(COP(=O)(O)OCC(O)COP(=O)(O)OCC(COC(=O)CCCC/C=C\C/C=C\C/C=C\C/C=C\CC)OC(=O)CCCCCCC/C=C\CCCCCC)OC(=O)CCCCCCC/C=C\CCCCCCCC. The first-order valence-corrected chi connectivity index (χ1v) is 40.4. The zero-order valence-electron chi connectivity index (χ0n) is 60.9. The summed E-state index contributed by atoms with van der Waals surface area (Å²) in [5, 5.41) is 10.6. The van der Waals surface area contributed by atoms with E-state index >= 15 is 0 Å². The van der Waals surface area contributed by atoms with Gasteiger partial charge in [-0.15, -0.1) is 0 Å². The van der Waals surface area contributed by atoms with Crippen LogP contribution in [0.3, 0.4) is 0 Å². The number of phosphoric acid groups is 2. The first-order valence-electron chi connectivity index (χ1n) is 37.4. The van der Waals surface area contributed by atoms with Crippen molar-refractivity contribution in [2.24, 2.45) is 0 Å². The van der Waals surface area contributed by atoms with Crippen LogP contribution in [0.5, 0.6) is 0 Å². The van der Waals surface area contributed by atoms with Crippen LogP contribution >= 0.6 is 15.6 Å². The van der Waals surface area contributed by atoms with Crippen molar-refractivity contribution >= 4 is 39.5 Å². The Hall–Kier alpha value is -4.80. The Bertz CT molecular complexity index is 2380. The molecule has 0 aliphatic carbocycles. The van der Waals surface area contributed by atoms with E-state index < -0.39 is 97.5 Å². The second-order valence-electron chi connectivity index (χ2n) is 24.5. The predicted molar refractivity (Wildman–Crippen MR) is 399 cm³/mol. The lowest BCUT2D eigenvalue weighted by molar-refractivity contribution is -0.161. The van der Waals surface area contributed by atoms with Gasteiger partial charge in [0.1, 0.15) is 19.3 Å². The highest BCUT2D eigenvalue weighted by molar-refractivity contribution is 7.47. The highest BCUT2D eigenvalue weighted by atomic mass is 31.2. The quantitative estimate of drug-likeness (QED) is 0.0169. The Morgan fingerprint density at radius 2 is 0.571 bits per heavy atom. The molecule has 19 heteroatoms. The number of ether oxygens (including phenoxy) is 4. The van der Waals surface area contributed by atoms with Crippen LogP contribution in [0.4, 0.5) is 0 Å². The standard InChI is InChI=1S/C79H132O17P2/c1-5-9-13-17-21-25-29-33-36-40-43-47-51-55-59-63-76(81)89-69-74(95-78(83)65-61-57-53-49-45-39-32-28-24-20-16-12-8-4)71-93-97(85,86)91-67-73(80)68-92-98(87,88)94-72-75(96-79(84)66-62-58-54-50-46-42-38-35-31-27-23-19-15-11-7-3)70-90-77(82)64-60-56-52-48-44-41-37-34-30-26-22-18-14-10-6-2/h9-10,13-14,21-22,25-26,28,32-38,43-44,47-48,56,60,73-75,80H,5-8,11-12,15-20,23-24,27,29-31,39-42,45-46,49-55,57-59,61-72H2,1-4H3,(H,85,86)(H,87,88)/b13-9-,14-10-,25-21-,26-22-,32-28-,36-33-,37-34-,38-35-,47-43-,48-44-,60-56-. The van der Waals surface area contributed by atoms with Gasteiger partial charge in [0.05, 0.1) is 32.8 Å². The van der Waals surface area contributed by atoms with E-state index in [9.17, 15) is 43.2 Å². The lowest BCUT2D eigenvalue weighted by atomic mass is 10.1. The topological polar surface area (TPSA) is 237 Å². The Kier molecular flexibility index (Phi) is 67.2. The van der Waals surface area contributed by atoms with E-state index in [1.165, 1.54) is 64.2 Å². The van der Waals surface area contributed by atoms with Crippen molar-refractivity contribution in [1.29, 1.82) is 0 Å². The summed E-state index contributed by atoms with van der Waals surface area (Å²) in [7, 11) is -9.99. The normalized spacial score (nSPS) is 14.7. The van der Waals surface area contributed by atoms with Gasteiger partial charge in [0.15, 0.2) is 12.2 Å². The largest absolute Gasteiger partial charge is 0.472 e. The van der Waals surface area contributed by atoms with Crippen LogP contribution in [0.15, 0.2) is 134 Å². The van der Waals surface area contributed by atoms with Gasteiger partial charge in [-0.1, -0.05) is 251 Å². The van der Waals surface area contributed by atoms with E-state index in [0.29, 0.717) is 25.7 Å². The van der Waals surface area contributed by atoms with Crippen LogP contribution in [0, 0.1) is 0 Å². The molecule has 560 valence electrons. The molecule has 0 bridgehead atoms. The number of phosphoric ester groups is 2. The zero-order chi connectivity index (χ0) is 71.8. The van der Waals surface area contributed by atoms with E-state index in [1.54, 1.807) is 6.08 Å². The summed E-state index contributed by atoms with van der Waals surface area (Å²) in [6.45, 7) is 4.43. The predicted octanol–water partition coefficient (Wildman–Crippen LogP) is 21.3. The summed E-state index contributed by atoms with van der Waals surface area (Å²) in [5.41, 5.74) is 0. The van der Waals surface area contributed by atoms with Crippen molar-refractivity contribution in [2.45, 2.75) is 303 Å². The number of aliphatic hydroxyl groups excluding tert-OH is 1. The van der Waals surface area contributed by atoms with Crippen molar-refractivity contribution in [3.05, 3.63) is 134 Å². The maximum absolute atomic E-state index is 13.1. The molecule has 0 aliphatic rings. The first kappa shape index (κ1) is 93.2. The zero-order valence-corrected chi connectivity index (χ0v) is 62.7. The molecule has 0 spiro atoms. The molecule has 0 saturated carbocycles. The maximum atomic E-state index is 13.1. The first-order chi connectivity index (χ1) is 47.7. The number of esters is 4. The van der Waals surface area contributed by atoms with Gasteiger partial charge in [0.2, 0.25) is 0 Å². The van der Waals surface area contributed by atoms with Crippen molar-refractivity contribution in [3.8, 4) is 0 Å². The Morgan fingerprint density at radius 3 is 0.949 bits per heavy atom. The van der Waals surface area contributed by atoms with E-state index in [1.807, 2.05) is 18.2 Å². The minimum absolute atomic E-state index is 0.0620. The second kappa shape index (κ2) is 70.6. The van der Waals surface area contributed by atoms with Crippen LogP contribution < -0.4 is 0 Å². The minimum Gasteiger partial charge on any atom is -0.462 e. The summed E-state index contributed by atoms with van der Waals surface area (Å²) in [5.74, 6) is -2.39. The fraction of sp³-hybridized carbons (Fsp3) is 0.671. The molecule has 0 amide bonds. The molecule has 0 radical (unpaired) electrons. The highest BCUT2D eigenvalue weighted by Gasteiger charge is 2.30. The Balaban J connectivity index is 5.46. The molecule has 5 atom stereocenters. The average molecular weight is 1420 g/mol. The van der Waals surface area contributed by atoms with Gasteiger partial charge in [-0.3, -0.25) is 37.3 Å². The molecule has 17 nitrogen and oxygen atoms in total. The van der Waals surface area contributed by atoms with E-state index in [2.05, 4.69) is 137 Å². The number of allylic oxidation sites excluding steroid dienone is 21. The van der Waals surface area contributed by atoms with Crippen molar-refractivity contribution in [1.82, 2.24) is 0 Å². The number of hydrogen-bond donors (Lipinski definition) is 3. The minimum atomic E-state index is -5.00. The van der Waals surface area contributed by atoms with E-state index in [0.717, 1.165) is 141 Å². The van der Waals surface area contributed by atoms with Crippen molar-refractivity contribution in [3.63, 3.8) is 0 Å². The van der Waals surface area contributed by atoms with E-state index in [-0.39, 0.29) is 25.7 Å². The number of rotatable bonds is 69. The van der Waals surface area contributed by atoms with Crippen LogP contribution in [0.2, 0.25) is 0 Å². The van der Waals surface area contributed by atoms with Crippen LogP contribution in [-0.4, -0.2) is 96.7 Å². The molecular formula is C79H132O17P2. The molecule has 5 unspecified atom stereocenters. The molecular weight excluding hydrogens is 1280 g/mol. The molecule has 0 aromatic rings. The summed E-state index contributed by atoms with van der Waals surface area (Å²) in [6.07, 6.45) is 77.7. The summed E-state index contributed by atoms with van der Waals surface area (Å²) < 4.78 is 68.2. The molecule has 0 aliphatic heterocycles. The third kappa shape index (κ3) is 69.7. The maximum Gasteiger partial charge on any atom is 0.472 e. The summed E-state index contributed by atoms with van der Waals surface area (Å²) in [6, 6.07) is 0. The van der Waals surface area contributed by atoms with Gasteiger partial charge < -0.3 is 33.8 Å². The Labute approximate surface area is 593 Å². The fourth-order valence-electron chi connectivity index (χ4n) is 9.45. The van der Waals surface area contributed by atoms with Gasteiger partial charge >= 0.3 is 39.5 Å². The second-order valence-corrected chi connectivity index (χ2v) is 27.4. The van der Waals surface area contributed by atoms with Gasteiger partial charge in [-0.25, -0.2) is 9.13 Å². The molecule has 0 saturated heterocycles. The molecule has 0 aromatic heterocycles. The van der Waals surface area contributed by atoms with Gasteiger partial charge in [0.25, 0.3) is 0 Å². The Morgan fingerprint density at radius 1 is 0.306 bits per heavy atom. The fourth-order valence-corrected chi connectivity index (χ4v) is 11.0. The molecule has 0 fully saturated rings. The molecule has 98 heavy (non-hydrogen) atoms. The summed E-state index contributed by atoms with van der Waals surface area (Å²) >= 11 is 0. The molecule has 3 N–H and O–H groups in total. The van der Waals surface area contributed by atoms with Crippen molar-refractivity contribution < 1.29 is 80.2 Å². The highest BCUT2D eigenvalue weighted by Crippen LogP contribution is 2.45. The van der Waals surface area contributed by atoms with Gasteiger partial charge in [-0.05, 0) is 141 Å². The third-order valence-corrected chi connectivity index (χ3v) is 17.0. The number of carbonyl (C=O) groups is 4. The number of aliphatic hydroxyl groups is 1. The van der Waals surface area contributed by atoms with Gasteiger partial charge in [0, 0.05) is 19.3 Å². The lowest BCUT2D eigenvalue weighted by Crippen LogP contribution is -2.30. The molecule has 0 aromatic carbocycles. The lowest BCUT2D eigenvalue weighted by Gasteiger charge is -2.21. The number of hydrogen-bond acceptors (Lipinski definition) is 15. The van der Waals surface area contributed by atoms with Gasteiger partial charge in [-0.2, -0.15) is 0 Å². The summed E-state index contributed by atoms with van der Waals surface area (Å²) in [4.78, 5) is 72.7. The van der Waals surface area contributed by atoms with E-state index in [4.69, 9.17) is 37.0 Å². The molecule has 0 rings (SSSR count). The number of unbranched alkanes of at least 4 members (excludes halogenated alkanes) is 22.